The van der Waals surface area contributed by atoms with Crippen LogP contribution < -0.4 is 4.74 Å². The first-order valence-corrected chi connectivity index (χ1v) is 13.1. The van der Waals surface area contributed by atoms with Crippen LogP contribution in [-0.2, 0) is 4.74 Å². The van der Waals surface area contributed by atoms with Crippen molar-refractivity contribution in [3.05, 3.63) is 53.1 Å². The monoisotopic (exact) mass is 492 g/mol. The Hall–Kier alpha value is -2.08. The molecule has 2 atom stereocenters. The molecule has 1 saturated carbocycles. The van der Waals surface area contributed by atoms with Gasteiger partial charge in [-0.3, -0.25) is 0 Å². The minimum absolute atomic E-state index is 0.144. The number of hydrogen-bond acceptors (Lipinski definition) is 2. The highest BCUT2D eigenvalue weighted by Gasteiger charge is 2.31. The quantitative estimate of drug-likeness (QED) is 0.360. The minimum atomic E-state index is -1.26. The zero-order valence-electron chi connectivity index (χ0n) is 20.7. The molecule has 192 valence electrons. The number of benzene rings is 2. The fourth-order valence-corrected chi connectivity index (χ4v) is 6.06. The number of halogens is 4. The van der Waals surface area contributed by atoms with Gasteiger partial charge in [0, 0.05) is 23.3 Å². The van der Waals surface area contributed by atoms with Crippen LogP contribution in [0, 0.1) is 41.0 Å². The van der Waals surface area contributed by atoms with E-state index in [9.17, 15) is 8.78 Å². The Balaban J connectivity index is 1.47. The van der Waals surface area contributed by atoms with Crippen molar-refractivity contribution < 1.29 is 27.0 Å². The Kier molecular flexibility index (Phi) is 8.74. The Morgan fingerprint density at radius 2 is 1.37 bits per heavy atom. The van der Waals surface area contributed by atoms with Gasteiger partial charge in [-0.25, -0.2) is 13.2 Å². The van der Waals surface area contributed by atoms with Crippen molar-refractivity contribution in [3.8, 4) is 16.9 Å². The zero-order chi connectivity index (χ0) is 24.9. The second kappa shape index (κ2) is 11.8. The standard InChI is InChI=1S/C29H36F4O2/c1-3-5-18-6-8-19(9-7-18)20-10-14-24(35-17-16-20)23-12-11-21(26(30)28(23)32)22-13-15-25(34-4-2)29(33)27(22)31/h11-13,15,18-20,24H,3-10,14,16-17H2,1-2H3. The molecule has 1 heterocycles. The molecule has 2 aromatic rings. The molecule has 1 aliphatic carbocycles. The molecular weight excluding hydrogens is 456 g/mol. The molecule has 4 rings (SSSR count). The third-order valence-corrected chi connectivity index (χ3v) is 7.96. The van der Waals surface area contributed by atoms with Crippen LogP contribution in [0.2, 0.25) is 0 Å². The first kappa shape index (κ1) is 26.0. The van der Waals surface area contributed by atoms with Gasteiger partial charge in [-0.05, 0) is 68.9 Å². The van der Waals surface area contributed by atoms with Crippen LogP contribution in [0.4, 0.5) is 17.6 Å². The molecule has 0 N–H and O–H groups in total. The van der Waals surface area contributed by atoms with Crippen molar-refractivity contribution in [2.24, 2.45) is 17.8 Å². The summed E-state index contributed by atoms with van der Waals surface area (Å²) in [4.78, 5) is 0. The Morgan fingerprint density at radius 1 is 0.743 bits per heavy atom. The van der Waals surface area contributed by atoms with Gasteiger partial charge in [0.05, 0.1) is 12.7 Å². The molecular formula is C29H36F4O2. The molecule has 6 heteroatoms. The summed E-state index contributed by atoms with van der Waals surface area (Å²) in [5.74, 6) is -2.88. The van der Waals surface area contributed by atoms with Crippen LogP contribution in [0.3, 0.4) is 0 Å². The van der Waals surface area contributed by atoms with Crippen molar-refractivity contribution in [3.63, 3.8) is 0 Å². The van der Waals surface area contributed by atoms with Crippen LogP contribution >= 0.6 is 0 Å². The predicted molar refractivity (Wildman–Crippen MR) is 129 cm³/mol. The van der Waals surface area contributed by atoms with Crippen LogP contribution in [0.1, 0.15) is 83.3 Å². The summed E-state index contributed by atoms with van der Waals surface area (Å²) < 4.78 is 70.2. The Bertz CT molecular complexity index is 1000. The normalized spacial score (nSPS) is 25.3. The second-order valence-electron chi connectivity index (χ2n) is 10.1. The van der Waals surface area contributed by atoms with Crippen molar-refractivity contribution in [2.75, 3.05) is 13.2 Å². The highest BCUT2D eigenvalue weighted by Crippen LogP contribution is 2.42. The van der Waals surface area contributed by atoms with Gasteiger partial charge in [0.1, 0.15) is 0 Å². The van der Waals surface area contributed by atoms with Crippen molar-refractivity contribution in [1.82, 2.24) is 0 Å². The minimum Gasteiger partial charge on any atom is -0.491 e. The van der Waals surface area contributed by atoms with Gasteiger partial charge >= 0.3 is 0 Å². The SMILES string of the molecule is CCCC1CCC(C2CCOC(c3ccc(-c4ccc(OCC)c(F)c4F)c(F)c3F)CC2)CC1. The number of hydrogen-bond donors (Lipinski definition) is 0. The Labute approximate surface area is 206 Å². The highest BCUT2D eigenvalue weighted by molar-refractivity contribution is 5.66. The molecule has 1 aliphatic heterocycles. The molecule has 0 bridgehead atoms. The van der Waals surface area contributed by atoms with E-state index in [-0.39, 0.29) is 29.0 Å². The zero-order valence-corrected chi connectivity index (χ0v) is 20.7. The molecule has 2 aliphatic rings. The van der Waals surface area contributed by atoms with E-state index in [0.29, 0.717) is 24.9 Å². The maximum Gasteiger partial charge on any atom is 0.201 e. The van der Waals surface area contributed by atoms with Crippen molar-refractivity contribution >= 4 is 0 Å². The fraction of sp³-hybridized carbons (Fsp3) is 0.586. The van der Waals surface area contributed by atoms with E-state index in [1.165, 1.54) is 62.8 Å². The predicted octanol–water partition coefficient (Wildman–Crippen LogP) is 8.77. The van der Waals surface area contributed by atoms with Crippen LogP contribution in [-0.4, -0.2) is 13.2 Å². The third-order valence-electron chi connectivity index (χ3n) is 7.96. The lowest BCUT2D eigenvalue weighted by molar-refractivity contribution is 0.0531. The van der Waals surface area contributed by atoms with E-state index in [1.54, 1.807) is 6.92 Å². The van der Waals surface area contributed by atoms with Gasteiger partial charge in [-0.15, -0.1) is 0 Å². The van der Waals surface area contributed by atoms with E-state index in [0.717, 1.165) is 18.8 Å². The van der Waals surface area contributed by atoms with E-state index in [2.05, 4.69) is 6.92 Å². The summed E-state index contributed by atoms with van der Waals surface area (Å²) in [5, 5.41) is 0. The van der Waals surface area contributed by atoms with E-state index < -0.39 is 29.4 Å². The van der Waals surface area contributed by atoms with Gasteiger partial charge in [0.15, 0.2) is 23.2 Å². The molecule has 2 fully saturated rings. The molecule has 1 saturated heterocycles. The lowest BCUT2D eigenvalue weighted by Crippen LogP contribution is -2.22. The van der Waals surface area contributed by atoms with Crippen LogP contribution in [0.15, 0.2) is 24.3 Å². The summed E-state index contributed by atoms with van der Waals surface area (Å²) in [5.41, 5.74) is -0.513. The van der Waals surface area contributed by atoms with Gasteiger partial charge in [-0.1, -0.05) is 44.7 Å². The summed E-state index contributed by atoms with van der Waals surface area (Å²) in [6.07, 6.45) is 9.61. The van der Waals surface area contributed by atoms with Crippen LogP contribution in [0.5, 0.6) is 5.75 Å². The summed E-state index contributed by atoms with van der Waals surface area (Å²) >= 11 is 0. The first-order chi connectivity index (χ1) is 16.9. The van der Waals surface area contributed by atoms with Crippen LogP contribution in [0.25, 0.3) is 11.1 Å². The molecule has 2 unspecified atom stereocenters. The highest BCUT2D eigenvalue weighted by atomic mass is 19.2. The van der Waals surface area contributed by atoms with Gasteiger partial charge in [-0.2, -0.15) is 4.39 Å². The lowest BCUT2D eigenvalue weighted by atomic mass is 9.72. The fourth-order valence-electron chi connectivity index (χ4n) is 6.06. The van der Waals surface area contributed by atoms with Crippen molar-refractivity contribution in [2.45, 2.75) is 77.7 Å². The van der Waals surface area contributed by atoms with Crippen molar-refractivity contribution in [1.29, 1.82) is 0 Å². The topological polar surface area (TPSA) is 18.5 Å². The average Bonchev–Trinajstić information content (AvgIpc) is 3.11. The van der Waals surface area contributed by atoms with Gasteiger partial charge < -0.3 is 9.47 Å². The molecule has 35 heavy (non-hydrogen) atoms. The number of rotatable bonds is 7. The molecule has 0 radical (unpaired) electrons. The van der Waals surface area contributed by atoms with E-state index in [4.69, 9.17) is 9.47 Å². The molecule has 2 nitrogen and oxygen atoms in total. The van der Waals surface area contributed by atoms with Gasteiger partial charge in [0.2, 0.25) is 5.82 Å². The second-order valence-corrected chi connectivity index (χ2v) is 10.1. The molecule has 0 amide bonds. The van der Waals surface area contributed by atoms with E-state index in [1.807, 2.05) is 0 Å². The summed E-state index contributed by atoms with van der Waals surface area (Å²) in [7, 11) is 0. The van der Waals surface area contributed by atoms with Gasteiger partial charge in [0.25, 0.3) is 0 Å². The summed E-state index contributed by atoms with van der Waals surface area (Å²) in [6, 6.07) is 5.20. The molecule has 0 aromatic heterocycles. The molecule has 0 spiro atoms. The Morgan fingerprint density at radius 3 is 2.06 bits per heavy atom. The first-order valence-electron chi connectivity index (χ1n) is 13.1. The summed E-state index contributed by atoms with van der Waals surface area (Å²) in [6.45, 7) is 4.58. The maximum atomic E-state index is 15.2. The third kappa shape index (κ3) is 5.68. The smallest absolute Gasteiger partial charge is 0.201 e. The lowest BCUT2D eigenvalue weighted by Gasteiger charge is -2.33. The maximum absolute atomic E-state index is 15.2. The average molecular weight is 493 g/mol. The van der Waals surface area contributed by atoms with E-state index >= 15 is 8.78 Å². The molecule has 2 aromatic carbocycles. The largest absolute Gasteiger partial charge is 0.491 e. The number of ether oxygens (including phenoxy) is 2.